The van der Waals surface area contributed by atoms with E-state index in [2.05, 4.69) is 37.5 Å². The quantitative estimate of drug-likeness (QED) is 0.662. The van der Waals surface area contributed by atoms with Gasteiger partial charge in [0.15, 0.2) is 0 Å². The van der Waals surface area contributed by atoms with Gasteiger partial charge in [0.1, 0.15) is 0 Å². The molecule has 3 heteroatoms. The molecule has 2 nitrogen and oxygen atoms in total. The summed E-state index contributed by atoms with van der Waals surface area (Å²) < 4.78 is 0. The molecule has 0 spiro atoms. The van der Waals surface area contributed by atoms with E-state index in [9.17, 15) is 4.79 Å². The fraction of sp³-hybridized carbons (Fsp3) is 0.158. The molecule has 0 aliphatic rings. The Labute approximate surface area is 133 Å². The summed E-state index contributed by atoms with van der Waals surface area (Å²) in [6.07, 6.45) is 1.88. The minimum absolute atomic E-state index is 0.414. The summed E-state index contributed by atoms with van der Waals surface area (Å²) in [7, 11) is -1.57. The molecular weight excluding hydrogens is 286 g/mol. The van der Waals surface area contributed by atoms with Gasteiger partial charge in [-0.2, -0.15) is 0 Å². The van der Waals surface area contributed by atoms with Gasteiger partial charge in [-0.15, -0.1) is 5.73 Å². The van der Waals surface area contributed by atoms with Crippen LogP contribution in [0.15, 0.2) is 60.3 Å². The van der Waals surface area contributed by atoms with Gasteiger partial charge in [-0.3, -0.25) is 4.79 Å². The number of rotatable bonds is 4. The summed E-state index contributed by atoms with van der Waals surface area (Å²) in [5.41, 5.74) is 11.4. The van der Waals surface area contributed by atoms with E-state index in [0.29, 0.717) is 5.56 Å². The van der Waals surface area contributed by atoms with Crippen LogP contribution in [0.25, 0.3) is 11.3 Å². The van der Waals surface area contributed by atoms with Gasteiger partial charge < -0.3 is 5.73 Å². The Hall–Kier alpha value is -2.35. The molecule has 0 radical (unpaired) electrons. The van der Waals surface area contributed by atoms with Gasteiger partial charge in [-0.25, -0.2) is 0 Å². The Morgan fingerprint density at radius 1 is 1.00 bits per heavy atom. The molecule has 2 aromatic carbocycles. The van der Waals surface area contributed by atoms with Gasteiger partial charge in [0.25, 0.3) is 0 Å². The number of nitrogens with two attached hydrogens (primary N) is 1. The highest BCUT2D eigenvalue weighted by Gasteiger charge is 2.20. The molecule has 22 heavy (non-hydrogen) atoms. The lowest BCUT2D eigenvalue weighted by Crippen LogP contribution is -2.22. The SMILES string of the molecule is C[Si](C)(C)C(=C=Cc1ccccc1C(N)=O)c1ccccc1. The Balaban J connectivity index is 2.58. The minimum Gasteiger partial charge on any atom is -0.366 e. The van der Waals surface area contributed by atoms with Crippen LogP contribution in [0.5, 0.6) is 0 Å². The van der Waals surface area contributed by atoms with Crippen LogP contribution in [0.3, 0.4) is 0 Å². The Kier molecular flexibility index (Phi) is 4.81. The molecule has 0 saturated heterocycles. The van der Waals surface area contributed by atoms with Gasteiger partial charge in [0, 0.05) is 5.56 Å². The number of amides is 1. The third kappa shape index (κ3) is 3.85. The maximum absolute atomic E-state index is 11.5. The molecule has 2 rings (SSSR count). The lowest BCUT2D eigenvalue weighted by Gasteiger charge is -2.19. The fourth-order valence-electron chi connectivity index (χ4n) is 2.33. The maximum Gasteiger partial charge on any atom is 0.249 e. The van der Waals surface area contributed by atoms with Gasteiger partial charge in [0.05, 0.1) is 8.07 Å². The molecule has 0 aliphatic heterocycles. The average Bonchev–Trinajstić information content (AvgIpc) is 2.47. The van der Waals surface area contributed by atoms with Crippen LogP contribution in [0.2, 0.25) is 19.6 Å². The Morgan fingerprint density at radius 3 is 2.18 bits per heavy atom. The Bertz CT molecular complexity index is 736. The first kappa shape index (κ1) is 16.0. The van der Waals surface area contributed by atoms with Crippen molar-refractivity contribution in [3.8, 4) is 0 Å². The Morgan fingerprint density at radius 2 is 1.59 bits per heavy atom. The molecule has 2 aromatic rings. The van der Waals surface area contributed by atoms with E-state index in [4.69, 9.17) is 5.73 Å². The molecule has 0 atom stereocenters. The van der Waals surface area contributed by atoms with E-state index in [0.717, 1.165) is 5.56 Å². The van der Waals surface area contributed by atoms with E-state index in [1.165, 1.54) is 10.8 Å². The zero-order valence-corrected chi connectivity index (χ0v) is 14.3. The lowest BCUT2D eigenvalue weighted by atomic mass is 10.1. The predicted octanol–water partition coefficient (Wildman–Crippen LogP) is 4.36. The van der Waals surface area contributed by atoms with Crippen molar-refractivity contribution in [3.05, 3.63) is 77.0 Å². The number of hydrogen-bond acceptors (Lipinski definition) is 1. The average molecular weight is 307 g/mol. The summed E-state index contributed by atoms with van der Waals surface area (Å²) in [6.45, 7) is 6.86. The number of carbonyl (C=O) groups excluding carboxylic acids is 1. The largest absolute Gasteiger partial charge is 0.366 e. The van der Waals surface area contributed by atoms with E-state index in [1.807, 2.05) is 42.5 Å². The van der Waals surface area contributed by atoms with Crippen molar-refractivity contribution in [1.82, 2.24) is 0 Å². The highest BCUT2D eigenvalue weighted by molar-refractivity contribution is 6.93. The highest BCUT2D eigenvalue weighted by atomic mass is 28.3. The third-order valence-electron chi connectivity index (χ3n) is 3.41. The number of primary amides is 1. The first-order chi connectivity index (χ1) is 10.4. The molecule has 0 aliphatic carbocycles. The minimum atomic E-state index is -1.57. The second-order valence-electron chi connectivity index (χ2n) is 6.23. The maximum atomic E-state index is 11.5. The zero-order chi connectivity index (χ0) is 16.2. The summed E-state index contributed by atoms with van der Waals surface area (Å²) in [5.74, 6) is -0.414. The van der Waals surface area contributed by atoms with Gasteiger partial charge in [0.2, 0.25) is 5.91 Å². The summed E-state index contributed by atoms with van der Waals surface area (Å²) >= 11 is 0. The molecule has 112 valence electrons. The van der Waals surface area contributed by atoms with E-state index < -0.39 is 14.0 Å². The van der Waals surface area contributed by atoms with Crippen molar-refractivity contribution in [2.45, 2.75) is 19.6 Å². The van der Waals surface area contributed by atoms with Crippen LogP contribution < -0.4 is 5.73 Å². The highest BCUT2D eigenvalue weighted by Crippen LogP contribution is 2.25. The van der Waals surface area contributed by atoms with Crippen LogP contribution in [0.4, 0.5) is 0 Å². The third-order valence-corrected chi connectivity index (χ3v) is 5.34. The van der Waals surface area contributed by atoms with Crippen LogP contribution in [0, 0.1) is 0 Å². The molecular formula is C19H21NOSi. The number of hydrogen-bond donors (Lipinski definition) is 1. The fourth-order valence-corrected chi connectivity index (χ4v) is 3.87. The van der Waals surface area contributed by atoms with Crippen LogP contribution in [0.1, 0.15) is 21.5 Å². The first-order valence-corrected chi connectivity index (χ1v) is 10.8. The van der Waals surface area contributed by atoms with Gasteiger partial charge in [-0.05, 0) is 28.5 Å². The van der Waals surface area contributed by atoms with Crippen LogP contribution in [-0.2, 0) is 0 Å². The smallest absolute Gasteiger partial charge is 0.249 e. The standard InChI is InChI=1S/C19H21NOSi/c1-22(2,3)18(16-10-5-4-6-11-16)14-13-15-9-7-8-12-17(15)19(20)21/h4-13H,1-3H3,(H2,20,21). The summed E-state index contributed by atoms with van der Waals surface area (Å²) in [5, 5.41) is 1.23. The summed E-state index contributed by atoms with van der Waals surface area (Å²) in [6, 6.07) is 17.6. The van der Waals surface area contributed by atoms with E-state index >= 15 is 0 Å². The molecule has 0 saturated carbocycles. The van der Waals surface area contributed by atoms with Gasteiger partial charge >= 0.3 is 0 Å². The van der Waals surface area contributed by atoms with Crippen LogP contribution >= 0.6 is 0 Å². The second kappa shape index (κ2) is 6.61. The molecule has 2 N–H and O–H groups in total. The van der Waals surface area contributed by atoms with Crippen molar-refractivity contribution in [2.75, 3.05) is 0 Å². The van der Waals surface area contributed by atoms with E-state index in [1.54, 1.807) is 6.07 Å². The van der Waals surface area contributed by atoms with Crippen molar-refractivity contribution in [2.24, 2.45) is 5.73 Å². The van der Waals surface area contributed by atoms with Crippen LogP contribution in [-0.4, -0.2) is 14.0 Å². The predicted molar refractivity (Wildman–Crippen MR) is 96.1 cm³/mol. The summed E-state index contributed by atoms with van der Waals surface area (Å²) in [4.78, 5) is 11.5. The lowest BCUT2D eigenvalue weighted by molar-refractivity contribution is 0.1000. The van der Waals surface area contributed by atoms with Gasteiger partial charge in [-0.1, -0.05) is 68.2 Å². The van der Waals surface area contributed by atoms with Crippen molar-refractivity contribution < 1.29 is 4.79 Å². The molecule has 0 heterocycles. The molecule has 0 aromatic heterocycles. The molecule has 0 bridgehead atoms. The van der Waals surface area contributed by atoms with Crippen molar-refractivity contribution in [3.63, 3.8) is 0 Å². The van der Waals surface area contributed by atoms with Crippen molar-refractivity contribution >= 4 is 25.3 Å². The first-order valence-electron chi connectivity index (χ1n) is 7.31. The second-order valence-corrected chi connectivity index (χ2v) is 11.2. The molecule has 0 fully saturated rings. The molecule has 1 amide bonds. The number of carbonyl (C=O) groups is 1. The molecule has 0 unspecified atom stereocenters. The zero-order valence-electron chi connectivity index (χ0n) is 13.3. The monoisotopic (exact) mass is 307 g/mol. The normalized spacial score (nSPS) is 10.7. The van der Waals surface area contributed by atoms with E-state index in [-0.39, 0.29) is 0 Å². The van der Waals surface area contributed by atoms with Crippen molar-refractivity contribution in [1.29, 1.82) is 0 Å². The number of benzene rings is 2. The topological polar surface area (TPSA) is 43.1 Å².